The lowest BCUT2D eigenvalue weighted by Crippen LogP contribution is -2.41. The first-order valence-corrected chi connectivity index (χ1v) is 9.05. The molecule has 1 fully saturated rings. The van der Waals surface area contributed by atoms with Crippen molar-refractivity contribution in [1.29, 1.82) is 0 Å². The molecule has 1 aliphatic heterocycles. The average molecular weight is 269 g/mol. The molecule has 0 bridgehead atoms. The summed E-state index contributed by atoms with van der Waals surface area (Å²) in [7, 11) is -5.90. The summed E-state index contributed by atoms with van der Waals surface area (Å²) in [4.78, 5) is 0. The SMILES string of the molecule is CCS(=O)(=O)CC(C)NC1CCS(=O)(=O)C1. The molecule has 2 atom stereocenters. The van der Waals surface area contributed by atoms with E-state index < -0.39 is 19.7 Å². The van der Waals surface area contributed by atoms with Gasteiger partial charge in [-0.05, 0) is 13.3 Å². The molecule has 1 aliphatic rings. The van der Waals surface area contributed by atoms with Gasteiger partial charge in [-0.1, -0.05) is 6.92 Å². The predicted molar refractivity (Wildman–Crippen MR) is 64.0 cm³/mol. The molecule has 1 heterocycles. The molecule has 16 heavy (non-hydrogen) atoms. The maximum atomic E-state index is 11.4. The minimum atomic E-state index is -3.00. The average Bonchev–Trinajstić information content (AvgIpc) is 2.44. The van der Waals surface area contributed by atoms with Gasteiger partial charge in [-0.3, -0.25) is 0 Å². The summed E-state index contributed by atoms with van der Waals surface area (Å²) < 4.78 is 45.1. The highest BCUT2D eigenvalue weighted by Crippen LogP contribution is 2.12. The van der Waals surface area contributed by atoms with Gasteiger partial charge >= 0.3 is 0 Å². The smallest absolute Gasteiger partial charge is 0.151 e. The van der Waals surface area contributed by atoms with Gasteiger partial charge < -0.3 is 5.32 Å². The van der Waals surface area contributed by atoms with E-state index in [9.17, 15) is 16.8 Å². The van der Waals surface area contributed by atoms with Gasteiger partial charge in [0.05, 0.1) is 17.3 Å². The second-order valence-corrected chi connectivity index (χ2v) is 8.99. The lowest BCUT2D eigenvalue weighted by Gasteiger charge is -2.17. The molecule has 1 N–H and O–H groups in total. The highest BCUT2D eigenvalue weighted by atomic mass is 32.2. The molecule has 0 amide bonds. The molecule has 1 rings (SSSR count). The Morgan fingerprint density at radius 2 is 2.06 bits per heavy atom. The van der Waals surface area contributed by atoms with Crippen molar-refractivity contribution in [1.82, 2.24) is 5.32 Å². The Labute approximate surface area is 97.5 Å². The van der Waals surface area contributed by atoms with E-state index in [4.69, 9.17) is 0 Å². The van der Waals surface area contributed by atoms with Gasteiger partial charge in [0, 0.05) is 17.8 Å². The standard InChI is InChI=1S/C9H19NO4S2/c1-3-15(11,12)6-8(2)10-9-4-5-16(13,14)7-9/h8-10H,3-7H2,1-2H3. The zero-order chi connectivity index (χ0) is 12.4. The van der Waals surface area contributed by atoms with E-state index in [0.717, 1.165) is 0 Å². The normalized spacial score (nSPS) is 26.8. The Balaban J connectivity index is 2.45. The van der Waals surface area contributed by atoms with Crippen molar-refractivity contribution in [3.05, 3.63) is 0 Å². The molecular formula is C9H19NO4S2. The van der Waals surface area contributed by atoms with Crippen LogP contribution in [0, 0.1) is 0 Å². The molecule has 0 aromatic carbocycles. The fourth-order valence-corrected chi connectivity index (χ4v) is 4.66. The first-order valence-electron chi connectivity index (χ1n) is 5.41. The minimum Gasteiger partial charge on any atom is -0.309 e. The van der Waals surface area contributed by atoms with Crippen LogP contribution in [0.1, 0.15) is 20.3 Å². The second-order valence-electron chi connectivity index (χ2n) is 4.37. The van der Waals surface area contributed by atoms with Crippen LogP contribution in [0.4, 0.5) is 0 Å². The summed E-state index contributed by atoms with van der Waals surface area (Å²) in [5.74, 6) is 0.531. The van der Waals surface area contributed by atoms with Crippen LogP contribution in [0.25, 0.3) is 0 Å². The van der Waals surface area contributed by atoms with Gasteiger partial charge in [0.1, 0.15) is 0 Å². The van der Waals surface area contributed by atoms with Gasteiger partial charge in [-0.15, -0.1) is 0 Å². The van der Waals surface area contributed by atoms with Gasteiger partial charge in [-0.25, -0.2) is 16.8 Å². The third kappa shape index (κ3) is 4.39. The summed E-state index contributed by atoms with van der Waals surface area (Å²) in [5, 5.41) is 3.07. The monoisotopic (exact) mass is 269 g/mol. The molecule has 0 saturated carbocycles. The lowest BCUT2D eigenvalue weighted by atomic mass is 10.2. The van der Waals surface area contributed by atoms with E-state index in [1.54, 1.807) is 13.8 Å². The summed E-state index contributed by atoms with van der Waals surface area (Å²) >= 11 is 0. The van der Waals surface area contributed by atoms with Crippen LogP contribution in [0.5, 0.6) is 0 Å². The van der Waals surface area contributed by atoms with Crippen molar-refractivity contribution in [2.24, 2.45) is 0 Å². The molecule has 0 aromatic heterocycles. The number of hydrogen-bond donors (Lipinski definition) is 1. The van der Waals surface area contributed by atoms with Crippen LogP contribution >= 0.6 is 0 Å². The Kier molecular flexibility index (Phi) is 4.36. The van der Waals surface area contributed by atoms with Crippen molar-refractivity contribution < 1.29 is 16.8 Å². The van der Waals surface area contributed by atoms with Crippen molar-refractivity contribution in [3.63, 3.8) is 0 Å². The van der Waals surface area contributed by atoms with Crippen molar-refractivity contribution in [2.75, 3.05) is 23.0 Å². The fraction of sp³-hybridized carbons (Fsp3) is 1.00. The van der Waals surface area contributed by atoms with E-state index in [-0.39, 0.29) is 35.1 Å². The summed E-state index contributed by atoms with van der Waals surface area (Å²) in [6.07, 6.45) is 0.582. The molecule has 7 heteroatoms. The summed E-state index contributed by atoms with van der Waals surface area (Å²) in [6.45, 7) is 3.39. The Bertz CT molecular complexity index is 426. The summed E-state index contributed by atoms with van der Waals surface area (Å²) in [5.41, 5.74) is 0. The van der Waals surface area contributed by atoms with E-state index in [0.29, 0.717) is 6.42 Å². The van der Waals surface area contributed by atoms with Gasteiger partial charge in [0.15, 0.2) is 19.7 Å². The number of rotatable bonds is 5. The van der Waals surface area contributed by atoms with E-state index in [1.165, 1.54) is 0 Å². The lowest BCUT2D eigenvalue weighted by molar-refractivity contribution is 0.491. The molecular weight excluding hydrogens is 250 g/mol. The highest BCUT2D eigenvalue weighted by Gasteiger charge is 2.29. The van der Waals surface area contributed by atoms with E-state index in [1.807, 2.05) is 0 Å². The molecule has 5 nitrogen and oxygen atoms in total. The van der Waals surface area contributed by atoms with Gasteiger partial charge in [0.2, 0.25) is 0 Å². The van der Waals surface area contributed by atoms with Crippen LogP contribution in [0.3, 0.4) is 0 Å². The number of sulfone groups is 2. The molecule has 0 aliphatic carbocycles. The van der Waals surface area contributed by atoms with Crippen molar-refractivity contribution >= 4 is 19.7 Å². The van der Waals surface area contributed by atoms with Gasteiger partial charge in [0.25, 0.3) is 0 Å². The minimum absolute atomic E-state index is 0.0695. The van der Waals surface area contributed by atoms with Crippen molar-refractivity contribution in [3.8, 4) is 0 Å². The topological polar surface area (TPSA) is 80.3 Å². The zero-order valence-corrected chi connectivity index (χ0v) is 11.3. The number of nitrogens with one attached hydrogen (secondary N) is 1. The fourth-order valence-electron chi connectivity index (χ4n) is 1.88. The number of hydrogen-bond acceptors (Lipinski definition) is 5. The Hall–Kier alpha value is -0.140. The first-order chi connectivity index (χ1) is 7.24. The van der Waals surface area contributed by atoms with Crippen LogP contribution in [-0.2, 0) is 19.7 Å². The van der Waals surface area contributed by atoms with Crippen LogP contribution < -0.4 is 5.32 Å². The maximum Gasteiger partial charge on any atom is 0.151 e. The van der Waals surface area contributed by atoms with Crippen molar-refractivity contribution in [2.45, 2.75) is 32.4 Å². The first kappa shape index (κ1) is 13.9. The zero-order valence-electron chi connectivity index (χ0n) is 9.64. The van der Waals surface area contributed by atoms with Crippen LogP contribution in [-0.4, -0.2) is 51.9 Å². The molecule has 1 saturated heterocycles. The van der Waals surface area contributed by atoms with E-state index in [2.05, 4.69) is 5.32 Å². The summed E-state index contributed by atoms with van der Waals surface area (Å²) in [6, 6.07) is -0.282. The largest absolute Gasteiger partial charge is 0.309 e. The third-order valence-corrected chi connectivity index (χ3v) is 6.35. The molecule has 96 valence electrons. The molecule has 0 radical (unpaired) electrons. The third-order valence-electron chi connectivity index (χ3n) is 2.70. The van der Waals surface area contributed by atoms with Crippen LogP contribution in [0.15, 0.2) is 0 Å². The second kappa shape index (κ2) is 5.01. The quantitative estimate of drug-likeness (QED) is 0.733. The highest BCUT2D eigenvalue weighted by molar-refractivity contribution is 7.91. The maximum absolute atomic E-state index is 11.4. The predicted octanol–water partition coefficient (Wildman–Crippen LogP) is -0.414. The molecule has 2 unspecified atom stereocenters. The molecule has 0 spiro atoms. The molecule has 0 aromatic rings. The van der Waals surface area contributed by atoms with Gasteiger partial charge in [-0.2, -0.15) is 0 Å². The Morgan fingerprint density at radius 1 is 1.44 bits per heavy atom. The van der Waals surface area contributed by atoms with E-state index >= 15 is 0 Å². The van der Waals surface area contributed by atoms with Crippen LogP contribution in [0.2, 0.25) is 0 Å². The Morgan fingerprint density at radius 3 is 2.50 bits per heavy atom.